The van der Waals surface area contributed by atoms with E-state index in [2.05, 4.69) is 17.5 Å². The Morgan fingerprint density at radius 2 is 1.64 bits per heavy atom. The zero-order valence-corrected chi connectivity index (χ0v) is 10.0. The highest BCUT2D eigenvalue weighted by Gasteiger charge is 2.30. The van der Waals surface area contributed by atoms with Crippen LogP contribution in [0.3, 0.4) is 0 Å². The van der Waals surface area contributed by atoms with E-state index in [1.165, 1.54) is 57.9 Å². The average molecular weight is 213 g/mol. The van der Waals surface area contributed by atoms with E-state index in [1.807, 2.05) is 0 Å². The van der Waals surface area contributed by atoms with Crippen LogP contribution in [0.1, 0.15) is 51.4 Å². The molecule has 1 saturated heterocycles. The summed E-state index contributed by atoms with van der Waals surface area (Å²) < 4.78 is 0. The van der Waals surface area contributed by atoms with Gasteiger partial charge in [0.1, 0.15) is 0 Å². The number of hydrogen-bond donors (Lipinski definition) is 1. The van der Waals surface area contributed by atoms with Crippen molar-refractivity contribution in [1.82, 2.24) is 4.90 Å². The predicted molar refractivity (Wildman–Crippen MR) is 64.8 cm³/mol. The van der Waals surface area contributed by atoms with Crippen molar-refractivity contribution in [2.24, 2.45) is 5.92 Å². The first-order valence-corrected chi connectivity index (χ1v) is 6.90. The van der Waals surface area contributed by atoms with Crippen LogP contribution in [0.4, 0.5) is 0 Å². The average Bonchev–Trinajstić information content (AvgIpc) is 2.52. The second kappa shape index (κ2) is 5.41. The zero-order chi connectivity index (χ0) is 9.80. The molecule has 1 nitrogen and oxygen atoms in total. The third-order valence-electron chi connectivity index (χ3n) is 4.04. The lowest BCUT2D eigenvalue weighted by molar-refractivity contribution is 0.203. The highest BCUT2D eigenvalue weighted by Crippen LogP contribution is 2.33. The minimum Gasteiger partial charge on any atom is -0.291 e. The van der Waals surface area contributed by atoms with Crippen LogP contribution in [0.2, 0.25) is 0 Å². The van der Waals surface area contributed by atoms with E-state index in [4.69, 9.17) is 0 Å². The van der Waals surface area contributed by atoms with Crippen LogP contribution in [0.25, 0.3) is 0 Å². The van der Waals surface area contributed by atoms with Gasteiger partial charge in [0.25, 0.3) is 0 Å². The Balaban J connectivity index is 1.91. The van der Waals surface area contributed by atoms with Crippen molar-refractivity contribution in [2.45, 2.75) is 57.4 Å². The molecule has 2 heteroatoms. The van der Waals surface area contributed by atoms with Gasteiger partial charge in [-0.2, -0.15) is 12.6 Å². The number of likely N-dealkylation sites (tertiary alicyclic amines) is 1. The highest BCUT2D eigenvalue weighted by atomic mass is 32.1. The van der Waals surface area contributed by atoms with E-state index in [0.717, 1.165) is 17.8 Å². The topological polar surface area (TPSA) is 3.24 Å². The molecular weight excluding hydrogens is 190 g/mol. The summed E-state index contributed by atoms with van der Waals surface area (Å²) in [5.41, 5.74) is 0. The van der Waals surface area contributed by atoms with Crippen LogP contribution in [0.5, 0.6) is 0 Å². The fraction of sp³-hybridized carbons (Fsp3) is 1.00. The molecule has 1 aliphatic heterocycles. The van der Waals surface area contributed by atoms with Gasteiger partial charge in [-0.25, -0.2) is 0 Å². The van der Waals surface area contributed by atoms with Crippen LogP contribution < -0.4 is 0 Å². The molecule has 14 heavy (non-hydrogen) atoms. The molecule has 1 unspecified atom stereocenters. The maximum atomic E-state index is 4.45. The van der Waals surface area contributed by atoms with E-state index in [0.29, 0.717) is 0 Å². The van der Waals surface area contributed by atoms with Crippen molar-refractivity contribution in [3.05, 3.63) is 0 Å². The van der Waals surface area contributed by atoms with Crippen molar-refractivity contribution in [1.29, 1.82) is 0 Å². The highest BCUT2D eigenvalue weighted by molar-refractivity contribution is 7.80. The van der Waals surface area contributed by atoms with Crippen LogP contribution >= 0.6 is 12.6 Å². The molecule has 82 valence electrons. The van der Waals surface area contributed by atoms with E-state index in [-0.39, 0.29) is 0 Å². The fourth-order valence-electron chi connectivity index (χ4n) is 3.26. The van der Waals surface area contributed by atoms with Gasteiger partial charge in [0, 0.05) is 11.9 Å². The van der Waals surface area contributed by atoms with E-state index in [1.54, 1.807) is 0 Å². The maximum absolute atomic E-state index is 4.45. The Kier molecular flexibility index (Phi) is 4.18. The first-order chi connectivity index (χ1) is 6.92. The standard InChI is InChI=1S/C12H23NS/c14-10-13-9-5-8-12(13)11-6-3-1-2-4-7-11/h11-12,14H,1-10H2. The first-order valence-electron chi connectivity index (χ1n) is 6.26. The summed E-state index contributed by atoms with van der Waals surface area (Å²) in [6.45, 7) is 1.30. The lowest BCUT2D eigenvalue weighted by atomic mass is 9.90. The van der Waals surface area contributed by atoms with Gasteiger partial charge in [-0.3, -0.25) is 4.90 Å². The molecule has 0 radical (unpaired) electrons. The summed E-state index contributed by atoms with van der Waals surface area (Å²) in [5.74, 6) is 1.97. The normalized spacial score (nSPS) is 31.9. The predicted octanol–water partition coefficient (Wildman–Crippen LogP) is 3.31. The number of hydrogen-bond acceptors (Lipinski definition) is 2. The molecule has 2 rings (SSSR count). The number of thiol groups is 1. The Morgan fingerprint density at radius 1 is 0.929 bits per heavy atom. The van der Waals surface area contributed by atoms with Gasteiger partial charge in [0.05, 0.1) is 0 Å². The van der Waals surface area contributed by atoms with Gasteiger partial charge in [0.2, 0.25) is 0 Å². The van der Waals surface area contributed by atoms with Crippen molar-refractivity contribution in [3.63, 3.8) is 0 Å². The molecule has 1 heterocycles. The van der Waals surface area contributed by atoms with Crippen LogP contribution in [-0.2, 0) is 0 Å². The quantitative estimate of drug-likeness (QED) is 0.544. The van der Waals surface area contributed by atoms with Gasteiger partial charge in [-0.15, -0.1) is 0 Å². The lowest BCUT2D eigenvalue weighted by Gasteiger charge is -2.29. The van der Waals surface area contributed by atoms with E-state index in [9.17, 15) is 0 Å². The molecule has 0 aromatic rings. The molecule has 1 atom stereocenters. The molecule has 0 N–H and O–H groups in total. The summed E-state index contributed by atoms with van der Waals surface area (Å²) in [5, 5.41) is 0. The minimum absolute atomic E-state index is 0.880. The zero-order valence-electron chi connectivity index (χ0n) is 9.12. The van der Waals surface area contributed by atoms with Gasteiger partial charge < -0.3 is 0 Å². The molecule has 0 spiro atoms. The Bertz CT molecular complexity index is 164. The van der Waals surface area contributed by atoms with Gasteiger partial charge >= 0.3 is 0 Å². The van der Waals surface area contributed by atoms with E-state index >= 15 is 0 Å². The molecule has 2 fully saturated rings. The Labute approximate surface area is 93.7 Å². The van der Waals surface area contributed by atoms with Crippen LogP contribution in [0, 0.1) is 5.92 Å². The summed E-state index contributed by atoms with van der Waals surface area (Å²) in [6, 6.07) is 0.880. The van der Waals surface area contributed by atoms with Crippen molar-refractivity contribution in [3.8, 4) is 0 Å². The minimum atomic E-state index is 0.880. The summed E-state index contributed by atoms with van der Waals surface area (Å²) >= 11 is 4.45. The lowest BCUT2D eigenvalue weighted by Crippen LogP contribution is -2.34. The Morgan fingerprint density at radius 3 is 2.29 bits per heavy atom. The van der Waals surface area contributed by atoms with Gasteiger partial charge in [-0.1, -0.05) is 25.7 Å². The third-order valence-corrected chi connectivity index (χ3v) is 4.40. The summed E-state index contributed by atoms with van der Waals surface area (Å²) in [4.78, 5) is 2.60. The first kappa shape index (κ1) is 10.8. The SMILES string of the molecule is SCN1CCCC1C1CCCCCC1. The number of nitrogens with zero attached hydrogens (tertiary/aromatic N) is 1. The summed E-state index contributed by atoms with van der Waals surface area (Å²) in [7, 11) is 0. The van der Waals surface area contributed by atoms with Crippen LogP contribution in [-0.4, -0.2) is 23.4 Å². The molecular formula is C12H23NS. The molecule has 0 aromatic heterocycles. The molecule has 1 saturated carbocycles. The summed E-state index contributed by atoms with van der Waals surface area (Å²) in [6.07, 6.45) is 11.7. The monoisotopic (exact) mass is 213 g/mol. The fourth-order valence-corrected chi connectivity index (χ4v) is 3.61. The van der Waals surface area contributed by atoms with Gasteiger partial charge in [-0.05, 0) is 38.1 Å². The van der Waals surface area contributed by atoms with Crippen LogP contribution in [0.15, 0.2) is 0 Å². The number of rotatable bonds is 2. The second-order valence-corrected chi connectivity index (χ2v) is 5.20. The largest absolute Gasteiger partial charge is 0.291 e. The maximum Gasteiger partial charge on any atom is 0.0417 e. The third kappa shape index (κ3) is 2.46. The van der Waals surface area contributed by atoms with Crippen molar-refractivity contribution in [2.75, 3.05) is 12.4 Å². The molecule has 0 aromatic carbocycles. The molecule has 0 bridgehead atoms. The van der Waals surface area contributed by atoms with Gasteiger partial charge in [0.15, 0.2) is 0 Å². The Hall–Kier alpha value is 0.310. The van der Waals surface area contributed by atoms with Crippen molar-refractivity contribution < 1.29 is 0 Å². The van der Waals surface area contributed by atoms with E-state index < -0.39 is 0 Å². The molecule has 2 aliphatic rings. The van der Waals surface area contributed by atoms with Crippen molar-refractivity contribution >= 4 is 12.6 Å². The molecule has 1 aliphatic carbocycles. The smallest absolute Gasteiger partial charge is 0.0417 e. The molecule has 0 amide bonds. The second-order valence-electron chi connectivity index (χ2n) is 4.92.